The molecule has 4 aromatic rings. The molecule has 2 fully saturated rings. The van der Waals surface area contributed by atoms with Crippen molar-refractivity contribution in [3.05, 3.63) is 95.1 Å². The van der Waals surface area contributed by atoms with E-state index in [0.717, 1.165) is 54.7 Å². The minimum absolute atomic E-state index is 0.0400. The Morgan fingerprint density at radius 3 is 1.15 bits per heavy atom. The summed E-state index contributed by atoms with van der Waals surface area (Å²) in [5.74, 6) is -2.20. The summed E-state index contributed by atoms with van der Waals surface area (Å²) in [7, 11) is 0. The van der Waals surface area contributed by atoms with Crippen molar-refractivity contribution in [1.29, 1.82) is 0 Å². The van der Waals surface area contributed by atoms with Crippen molar-refractivity contribution in [2.24, 2.45) is 11.8 Å². The third-order valence-electron chi connectivity index (χ3n) is 11.4. The number of carbonyl (C=O) groups excluding carboxylic acids is 4. The summed E-state index contributed by atoms with van der Waals surface area (Å²) in [6, 6.07) is 23.3. The average Bonchev–Trinajstić information content (AvgIpc) is 3.33. The van der Waals surface area contributed by atoms with E-state index >= 15 is 0 Å². The Bertz CT molecular complexity index is 2290. The van der Waals surface area contributed by atoms with Gasteiger partial charge in [-0.2, -0.15) is 0 Å². The van der Waals surface area contributed by atoms with Crippen molar-refractivity contribution in [1.82, 2.24) is 0 Å². The lowest BCUT2D eigenvalue weighted by molar-refractivity contribution is -0.278. The molecule has 4 aliphatic rings. The number of carbonyl (C=O) groups is 4. The molecule has 0 N–H and O–H groups in total. The quantitative estimate of drug-likeness (QED) is 0.0509. The van der Waals surface area contributed by atoms with Crippen LogP contribution in [0.4, 0.5) is 0 Å². The molecule has 4 heterocycles. The maximum atomic E-state index is 11.5. The number of rotatable bonds is 19. The van der Waals surface area contributed by atoms with Crippen LogP contribution in [0.2, 0.25) is 0 Å². The van der Waals surface area contributed by atoms with E-state index in [1.54, 1.807) is 12.1 Å². The number of hydrogen-bond donors (Lipinski definition) is 0. The summed E-state index contributed by atoms with van der Waals surface area (Å²) in [5.41, 5.74) is 3.29. The van der Waals surface area contributed by atoms with Crippen LogP contribution >= 0.6 is 23.5 Å². The van der Waals surface area contributed by atoms with Gasteiger partial charge in [0.05, 0.1) is 36.2 Å². The summed E-state index contributed by atoms with van der Waals surface area (Å²) >= 11 is 3.02. The van der Waals surface area contributed by atoms with Crippen molar-refractivity contribution in [3.8, 4) is 23.0 Å². The molecule has 2 saturated heterocycles. The van der Waals surface area contributed by atoms with Gasteiger partial charge < -0.3 is 56.8 Å². The molecule has 362 valence electrons. The van der Waals surface area contributed by atoms with Crippen molar-refractivity contribution in [3.63, 3.8) is 0 Å². The number of ether oxygens (including phenoxy) is 12. The van der Waals surface area contributed by atoms with E-state index in [9.17, 15) is 19.2 Å². The van der Waals surface area contributed by atoms with Crippen LogP contribution in [0.3, 0.4) is 0 Å². The topological polar surface area (TPSA) is 179 Å². The van der Waals surface area contributed by atoms with Gasteiger partial charge in [0.25, 0.3) is 0 Å². The Labute approximate surface area is 402 Å². The predicted octanol–water partition coefficient (Wildman–Crippen LogP) is 7.59. The summed E-state index contributed by atoms with van der Waals surface area (Å²) in [4.78, 5) is 49.2. The first-order chi connectivity index (χ1) is 33.0. The van der Waals surface area contributed by atoms with Gasteiger partial charge in [0, 0.05) is 71.6 Å². The highest BCUT2D eigenvalue weighted by Gasteiger charge is 2.50. The van der Waals surface area contributed by atoms with Crippen LogP contribution in [0.15, 0.2) is 92.4 Å². The molecule has 0 amide bonds. The van der Waals surface area contributed by atoms with Crippen LogP contribution in [-0.2, 0) is 68.6 Å². The zero-order chi connectivity index (χ0) is 47.7. The molecule has 8 rings (SSSR count). The van der Waals surface area contributed by atoms with E-state index in [0.29, 0.717) is 49.4 Å². The van der Waals surface area contributed by atoms with Crippen molar-refractivity contribution < 1.29 is 76.0 Å². The number of esters is 4. The van der Waals surface area contributed by atoms with Crippen LogP contribution < -0.4 is 18.9 Å². The van der Waals surface area contributed by atoms with Crippen molar-refractivity contribution in [2.75, 3.05) is 79.3 Å². The SMILES string of the molecule is CC(=O)OCCOc1ccc2c(c1OCCOC(C)=O)Sc1ccccc1C21OCC(CCC2COC3(OC2)c2ccccc2Sc2c3ccc(OCCOC(C)=O)c2OCCOC(C)=O)CO1. The molecule has 0 radical (unpaired) electrons. The normalized spacial score (nSPS) is 21.0. The molecule has 0 bridgehead atoms. The third-order valence-corrected chi connectivity index (χ3v) is 13.8. The molecule has 0 unspecified atom stereocenters. The van der Waals surface area contributed by atoms with Crippen LogP contribution in [-0.4, -0.2) is 103 Å². The van der Waals surface area contributed by atoms with E-state index in [1.165, 1.54) is 51.2 Å². The molecule has 16 nitrogen and oxygen atoms in total. The lowest BCUT2D eigenvalue weighted by Gasteiger charge is -2.45. The lowest BCUT2D eigenvalue weighted by Crippen LogP contribution is -2.46. The number of benzene rings is 4. The highest BCUT2D eigenvalue weighted by molar-refractivity contribution is 8.00. The van der Waals surface area contributed by atoms with E-state index < -0.39 is 35.5 Å². The molecule has 0 aliphatic carbocycles. The molecule has 18 heteroatoms. The Morgan fingerprint density at radius 1 is 0.456 bits per heavy atom. The second-order valence-electron chi connectivity index (χ2n) is 16.3. The van der Waals surface area contributed by atoms with E-state index in [-0.39, 0.29) is 64.7 Å². The predicted molar refractivity (Wildman–Crippen MR) is 244 cm³/mol. The zero-order valence-electron chi connectivity index (χ0n) is 38.3. The standard InChI is InChI=1S/C50H54O16S2/c1-31(51)55-19-23-59-41-17-15-39-47(45(41)61-25-21-57-33(3)53)67-43-11-7-5-9-37(43)49(39)63-27-35(28-64-49)13-14-36-29-65-50(66-30-36)38-10-6-8-12-44(38)68-48-40(50)16-18-42(60-24-20-56-32(2)52)46(48)62-26-22-58-34(4)54/h5-12,15-18,35-36H,13-14,19-30H2,1-4H3. The van der Waals surface area contributed by atoms with E-state index in [4.69, 9.17) is 56.8 Å². The maximum Gasteiger partial charge on any atom is 0.302 e. The first-order valence-electron chi connectivity index (χ1n) is 22.5. The molecular formula is C50H54O16S2. The fourth-order valence-corrected chi connectivity index (χ4v) is 10.8. The summed E-state index contributed by atoms with van der Waals surface area (Å²) in [5, 5.41) is 0. The fraction of sp³-hybridized carbons (Fsp3) is 0.440. The van der Waals surface area contributed by atoms with Gasteiger partial charge in [-0.1, -0.05) is 59.9 Å². The van der Waals surface area contributed by atoms with Gasteiger partial charge in [-0.3, -0.25) is 19.2 Å². The molecule has 4 aliphatic heterocycles. The van der Waals surface area contributed by atoms with Crippen LogP contribution in [0, 0.1) is 11.8 Å². The molecular weight excluding hydrogens is 921 g/mol. The summed E-state index contributed by atoms with van der Waals surface area (Å²) in [6.07, 6.45) is 1.58. The summed E-state index contributed by atoms with van der Waals surface area (Å²) in [6.45, 7) is 7.60. The van der Waals surface area contributed by atoms with Crippen molar-refractivity contribution in [2.45, 2.75) is 71.7 Å². The monoisotopic (exact) mass is 974 g/mol. The summed E-state index contributed by atoms with van der Waals surface area (Å²) < 4.78 is 72.7. The van der Waals surface area contributed by atoms with Gasteiger partial charge in [0.2, 0.25) is 11.6 Å². The van der Waals surface area contributed by atoms with Crippen LogP contribution in [0.1, 0.15) is 62.8 Å². The minimum atomic E-state index is -1.22. The van der Waals surface area contributed by atoms with Gasteiger partial charge >= 0.3 is 23.9 Å². The highest BCUT2D eigenvalue weighted by atomic mass is 32.2. The third kappa shape index (κ3) is 11.0. The van der Waals surface area contributed by atoms with Crippen molar-refractivity contribution >= 4 is 47.4 Å². The van der Waals surface area contributed by atoms with Gasteiger partial charge in [-0.25, -0.2) is 0 Å². The number of hydrogen-bond acceptors (Lipinski definition) is 18. The molecule has 0 saturated carbocycles. The Morgan fingerprint density at radius 2 is 0.794 bits per heavy atom. The Hall–Kier alpha value is -5.50. The number of fused-ring (bicyclic) bond motifs is 8. The first kappa shape index (κ1) is 48.9. The zero-order valence-corrected chi connectivity index (χ0v) is 40.0. The minimum Gasteiger partial charge on any atom is -0.486 e. The largest absolute Gasteiger partial charge is 0.486 e. The lowest BCUT2D eigenvalue weighted by atomic mass is 9.91. The smallest absolute Gasteiger partial charge is 0.302 e. The van der Waals surface area contributed by atoms with Gasteiger partial charge in [-0.15, -0.1) is 0 Å². The maximum absolute atomic E-state index is 11.5. The van der Waals surface area contributed by atoms with Crippen LogP contribution in [0.5, 0.6) is 23.0 Å². The second kappa shape index (κ2) is 22.3. The molecule has 4 aromatic carbocycles. The first-order valence-corrected chi connectivity index (χ1v) is 24.1. The highest BCUT2D eigenvalue weighted by Crippen LogP contribution is 2.58. The molecule has 0 atom stereocenters. The molecule has 2 spiro atoms. The van der Waals surface area contributed by atoms with Crippen LogP contribution in [0.25, 0.3) is 0 Å². The Kier molecular flexibility index (Phi) is 16.0. The molecule has 0 aromatic heterocycles. The second-order valence-corrected chi connectivity index (χ2v) is 18.4. The fourth-order valence-electron chi connectivity index (χ4n) is 8.36. The van der Waals surface area contributed by atoms with E-state index in [1.807, 2.05) is 60.7 Å². The molecule has 68 heavy (non-hydrogen) atoms. The van der Waals surface area contributed by atoms with Gasteiger partial charge in [0.15, 0.2) is 23.0 Å². The van der Waals surface area contributed by atoms with Gasteiger partial charge in [0.1, 0.15) is 52.9 Å². The Balaban J connectivity index is 0.966. The van der Waals surface area contributed by atoms with Gasteiger partial charge in [-0.05, 0) is 49.2 Å². The van der Waals surface area contributed by atoms with E-state index in [2.05, 4.69) is 0 Å². The average molecular weight is 975 g/mol.